The van der Waals surface area contributed by atoms with Gasteiger partial charge in [0.25, 0.3) is 5.91 Å². The molecule has 1 aliphatic rings. The fraction of sp³-hybridized carbons (Fsp3) is 0.294. The Morgan fingerprint density at radius 2 is 2.25 bits per heavy atom. The number of nitrogens with one attached hydrogen (secondary N) is 1. The van der Waals surface area contributed by atoms with E-state index in [1.165, 1.54) is 11.3 Å². The molecular weight excluding hydrogens is 322 g/mol. The molecule has 0 saturated heterocycles. The van der Waals surface area contributed by atoms with Crippen molar-refractivity contribution in [3.63, 3.8) is 0 Å². The number of aromatic nitrogens is 4. The predicted molar refractivity (Wildman–Crippen MR) is 91.8 cm³/mol. The Morgan fingerprint density at radius 1 is 1.29 bits per heavy atom. The molecule has 6 nitrogen and oxygen atoms in total. The van der Waals surface area contributed by atoms with Gasteiger partial charge in [-0.1, -0.05) is 0 Å². The Balaban J connectivity index is 1.49. The van der Waals surface area contributed by atoms with Crippen LogP contribution in [0.5, 0.6) is 0 Å². The van der Waals surface area contributed by atoms with E-state index in [-0.39, 0.29) is 11.9 Å². The Labute approximate surface area is 143 Å². The van der Waals surface area contributed by atoms with E-state index in [2.05, 4.69) is 25.1 Å². The molecule has 1 aliphatic heterocycles. The predicted octanol–water partition coefficient (Wildman–Crippen LogP) is 2.54. The second kappa shape index (κ2) is 6.52. The first-order chi connectivity index (χ1) is 11.8. The minimum Gasteiger partial charge on any atom is -0.349 e. The number of pyridine rings is 1. The number of nitrogens with zero attached hydrogens (tertiary/aromatic N) is 4. The molecule has 24 heavy (non-hydrogen) atoms. The van der Waals surface area contributed by atoms with E-state index in [4.69, 9.17) is 0 Å². The van der Waals surface area contributed by atoms with Crippen LogP contribution in [0.3, 0.4) is 0 Å². The van der Waals surface area contributed by atoms with Gasteiger partial charge in [0, 0.05) is 47.9 Å². The summed E-state index contributed by atoms with van der Waals surface area (Å²) in [4.78, 5) is 16.4. The summed E-state index contributed by atoms with van der Waals surface area (Å²) in [5.41, 5.74) is 1.71. The highest BCUT2D eigenvalue weighted by Gasteiger charge is 2.22. The Morgan fingerprint density at radius 3 is 3.04 bits per heavy atom. The minimum atomic E-state index is 0.00592. The quantitative estimate of drug-likeness (QED) is 0.796. The molecule has 3 aromatic heterocycles. The maximum atomic E-state index is 12.2. The van der Waals surface area contributed by atoms with Gasteiger partial charge in [-0.25, -0.2) is 0 Å². The lowest BCUT2D eigenvalue weighted by atomic mass is 10.1. The third kappa shape index (κ3) is 2.94. The highest BCUT2D eigenvalue weighted by molar-refractivity contribution is 7.08. The van der Waals surface area contributed by atoms with Crippen molar-refractivity contribution in [2.75, 3.05) is 0 Å². The van der Waals surface area contributed by atoms with Crippen molar-refractivity contribution in [2.24, 2.45) is 0 Å². The standard InChI is InChI=1S/C17H17N5OS/c23-17(13-6-9-24-11-13)19-14-3-4-15-20-21-16(22(15)8-5-14)12-2-1-7-18-10-12/h1-2,6-7,9-11,14H,3-5,8H2,(H,19,23). The summed E-state index contributed by atoms with van der Waals surface area (Å²) < 4.78 is 2.15. The number of fused-ring (bicyclic) bond motifs is 1. The molecule has 1 amide bonds. The average molecular weight is 339 g/mol. The van der Waals surface area contributed by atoms with E-state index in [0.717, 1.165) is 48.6 Å². The zero-order valence-corrected chi connectivity index (χ0v) is 13.9. The Hall–Kier alpha value is -2.54. The third-order valence-electron chi connectivity index (χ3n) is 4.28. The largest absolute Gasteiger partial charge is 0.349 e. The normalized spacial score (nSPS) is 17.1. The molecule has 0 aromatic carbocycles. The van der Waals surface area contributed by atoms with Gasteiger partial charge in [0.05, 0.1) is 0 Å². The molecular formula is C17H17N5OS. The van der Waals surface area contributed by atoms with Gasteiger partial charge in [-0.3, -0.25) is 9.78 Å². The first kappa shape index (κ1) is 15.0. The number of hydrogen-bond donors (Lipinski definition) is 1. The zero-order valence-electron chi connectivity index (χ0n) is 13.1. The second-order valence-corrected chi connectivity index (χ2v) is 6.62. The van der Waals surface area contributed by atoms with Crippen LogP contribution in [0.1, 0.15) is 29.0 Å². The molecule has 1 atom stereocenters. The fourth-order valence-corrected chi connectivity index (χ4v) is 3.64. The lowest BCUT2D eigenvalue weighted by Gasteiger charge is -2.15. The van der Waals surface area contributed by atoms with E-state index >= 15 is 0 Å². The zero-order chi connectivity index (χ0) is 16.4. The number of rotatable bonds is 3. The van der Waals surface area contributed by atoms with Crippen molar-refractivity contribution < 1.29 is 4.79 Å². The number of hydrogen-bond acceptors (Lipinski definition) is 5. The summed E-state index contributed by atoms with van der Waals surface area (Å²) in [5.74, 6) is 1.83. The van der Waals surface area contributed by atoms with Crippen molar-refractivity contribution in [1.29, 1.82) is 0 Å². The first-order valence-electron chi connectivity index (χ1n) is 7.97. The van der Waals surface area contributed by atoms with Gasteiger partial charge in [0.1, 0.15) is 5.82 Å². The van der Waals surface area contributed by atoms with Gasteiger partial charge < -0.3 is 9.88 Å². The van der Waals surface area contributed by atoms with E-state index in [1.807, 2.05) is 29.0 Å². The molecule has 0 aliphatic carbocycles. The van der Waals surface area contributed by atoms with Crippen LogP contribution in [0.15, 0.2) is 41.4 Å². The summed E-state index contributed by atoms with van der Waals surface area (Å²) in [7, 11) is 0. The molecule has 0 fully saturated rings. The van der Waals surface area contributed by atoms with E-state index in [0.29, 0.717) is 0 Å². The summed E-state index contributed by atoms with van der Waals surface area (Å²) in [6, 6.07) is 5.90. The summed E-state index contributed by atoms with van der Waals surface area (Å²) in [5, 5.41) is 15.6. The number of aryl methyl sites for hydroxylation is 1. The second-order valence-electron chi connectivity index (χ2n) is 5.84. The molecule has 7 heteroatoms. The van der Waals surface area contributed by atoms with Crippen molar-refractivity contribution >= 4 is 17.2 Å². The number of amides is 1. The van der Waals surface area contributed by atoms with Crippen molar-refractivity contribution in [2.45, 2.75) is 31.8 Å². The van der Waals surface area contributed by atoms with Gasteiger partial charge in [-0.15, -0.1) is 10.2 Å². The molecule has 1 unspecified atom stereocenters. The highest BCUT2D eigenvalue weighted by Crippen LogP contribution is 2.22. The van der Waals surface area contributed by atoms with Crippen LogP contribution in [0, 0.1) is 0 Å². The van der Waals surface area contributed by atoms with Crippen LogP contribution in [-0.2, 0) is 13.0 Å². The van der Waals surface area contributed by atoms with Crippen LogP contribution < -0.4 is 5.32 Å². The average Bonchev–Trinajstić information content (AvgIpc) is 3.24. The molecule has 0 saturated carbocycles. The smallest absolute Gasteiger partial charge is 0.252 e. The van der Waals surface area contributed by atoms with Gasteiger partial charge >= 0.3 is 0 Å². The Kier molecular flexibility index (Phi) is 4.08. The summed E-state index contributed by atoms with van der Waals surface area (Å²) in [6.45, 7) is 0.793. The van der Waals surface area contributed by atoms with Crippen molar-refractivity contribution in [1.82, 2.24) is 25.1 Å². The van der Waals surface area contributed by atoms with E-state index in [1.54, 1.807) is 12.4 Å². The molecule has 1 N–H and O–H groups in total. The molecule has 3 aromatic rings. The number of thiophene rings is 1. The van der Waals surface area contributed by atoms with Gasteiger partial charge in [0.15, 0.2) is 5.82 Å². The van der Waals surface area contributed by atoms with Crippen LogP contribution in [0.4, 0.5) is 0 Å². The van der Waals surface area contributed by atoms with Gasteiger partial charge in [-0.2, -0.15) is 11.3 Å². The van der Waals surface area contributed by atoms with Crippen LogP contribution in [0.25, 0.3) is 11.4 Å². The summed E-state index contributed by atoms with van der Waals surface area (Å²) in [6.07, 6.45) is 6.11. The molecule has 4 rings (SSSR count). The van der Waals surface area contributed by atoms with E-state index in [9.17, 15) is 4.79 Å². The summed E-state index contributed by atoms with van der Waals surface area (Å²) >= 11 is 1.54. The highest BCUT2D eigenvalue weighted by atomic mass is 32.1. The monoisotopic (exact) mass is 339 g/mol. The number of carbonyl (C=O) groups is 1. The molecule has 4 heterocycles. The van der Waals surface area contributed by atoms with Gasteiger partial charge in [-0.05, 0) is 36.4 Å². The van der Waals surface area contributed by atoms with E-state index < -0.39 is 0 Å². The maximum absolute atomic E-state index is 12.2. The first-order valence-corrected chi connectivity index (χ1v) is 8.91. The lowest BCUT2D eigenvalue weighted by Crippen LogP contribution is -2.35. The van der Waals surface area contributed by atoms with Crippen LogP contribution in [-0.4, -0.2) is 31.7 Å². The van der Waals surface area contributed by atoms with Crippen molar-refractivity contribution in [3.8, 4) is 11.4 Å². The van der Waals surface area contributed by atoms with Crippen LogP contribution in [0.2, 0.25) is 0 Å². The molecule has 0 radical (unpaired) electrons. The minimum absolute atomic E-state index is 0.00592. The lowest BCUT2D eigenvalue weighted by molar-refractivity contribution is 0.0933. The third-order valence-corrected chi connectivity index (χ3v) is 4.97. The molecule has 0 bridgehead atoms. The maximum Gasteiger partial charge on any atom is 0.252 e. The topological polar surface area (TPSA) is 72.7 Å². The Bertz CT molecular complexity index is 828. The number of carbonyl (C=O) groups excluding carboxylic acids is 1. The fourth-order valence-electron chi connectivity index (χ4n) is 3.00. The SMILES string of the molecule is O=C(NC1CCc2nnc(-c3cccnc3)n2CC1)c1ccsc1. The van der Waals surface area contributed by atoms with Crippen LogP contribution >= 0.6 is 11.3 Å². The molecule has 0 spiro atoms. The molecule has 122 valence electrons. The van der Waals surface area contributed by atoms with Crippen molar-refractivity contribution in [3.05, 3.63) is 52.7 Å². The van der Waals surface area contributed by atoms with Gasteiger partial charge in [0.2, 0.25) is 0 Å².